The Morgan fingerprint density at radius 2 is 1.89 bits per heavy atom. The monoisotopic (exact) mass is 266 g/mol. The second-order valence-electron chi connectivity index (χ2n) is 4.94. The summed E-state index contributed by atoms with van der Waals surface area (Å²) in [5.41, 5.74) is -0.195. The van der Waals surface area contributed by atoms with Crippen LogP contribution in [0.25, 0.3) is 0 Å². The predicted molar refractivity (Wildman–Crippen MR) is 71.4 cm³/mol. The first-order chi connectivity index (χ1) is 8.73. The van der Waals surface area contributed by atoms with E-state index < -0.39 is 11.7 Å². The van der Waals surface area contributed by atoms with Gasteiger partial charge in [-0.1, -0.05) is 0 Å². The van der Waals surface area contributed by atoms with E-state index in [1.807, 2.05) is 0 Å². The number of benzene rings is 1. The minimum absolute atomic E-state index is 0.121. The molecule has 0 atom stereocenters. The minimum Gasteiger partial charge on any atom is -0.506 e. The Hall–Kier alpha value is -2.24. The van der Waals surface area contributed by atoms with E-state index in [-0.39, 0.29) is 17.3 Å². The minimum atomic E-state index is -0.697. The second-order valence-corrected chi connectivity index (χ2v) is 4.94. The molecule has 0 saturated carbocycles. The Labute approximate surface area is 111 Å². The number of hydrogen-bond donors (Lipinski definition) is 3. The molecule has 6 nitrogen and oxygen atoms in total. The van der Waals surface area contributed by atoms with E-state index in [1.54, 1.807) is 20.8 Å². The van der Waals surface area contributed by atoms with Crippen LogP contribution in [-0.4, -0.2) is 29.8 Å². The van der Waals surface area contributed by atoms with E-state index in [1.165, 1.54) is 25.2 Å². The first-order valence-electron chi connectivity index (χ1n) is 5.78. The van der Waals surface area contributed by atoms with Crippen LogP contribution in [0.4, 0.5) is 10.5 Å². The van der Waals surface area contributed by atoms with Gasteiger partial charge < -0.3 is 15.2 Å². The number of carbonyl (C=O) groups is 2. The summed E-state index contributed by atoms with van der Waals surface area (Å²) in [7, 11) is 1.50. The fourth-order valence-corrected chi connectivity index (χ4v) is 1.34. The average molecular weight is 266 g/mol. The summed E-state index contributed by atoms with van der Waals surface area (Å²) < 4.78 is 5.06. The van der Waals surface area contributed by atoms with Crippen molar-refractivity contribution in [2.45, 2.75) is 26.4 Å². The van der Waals surface area contributed by atoms with Gasteiger partial charge in [0.1, 0.15) is 11.4 Å². The van der Waals surface area contributed by atoms with E-state index in [9.17, 15) is 14.7 Å². The third-order valence-corrected chi connectivity index (χ3v) is 2.12. The highest BCUT2D eigenvalue weighted by Gasteiger charge is 2.17. The summed E-state index contributed by atoms with van der Waals surface area (Å²) in [5, 5.41) is 14.5. The molecular weight excluding hydrogens is 248 g/mol. The highest BCUT2D eigenvalue weighted by atomic mass is 16.6. The van der Waals surface area contributed by atoms with Crippen LogP contribution in [0.1, 0.15) is 31.1 Å². The third kappa shape index (κ3) is 4.50. The summed E-state index contributed by atoms with van der Waals surface area (Å²) >= 11 is 0. The van der Waals surface area contributed by atoms with Crippen molar-refractivity contribution < 1.29 is 19.4 Å². The van der Waals surface area contributed by atoms with Gasteiger partial charge in [-0.3, -0.25) is 10.1 Å². The van der Waals surface area contributed by atoms with Gasteiger partial charge in [-0.2, -0.15) is 0 Å². The summed E-state index contributed by atoms with van der Waals surface area (Å²) in [5.74, 6) is -0.453. The summed E-state index contributed by atoms with van der Waals surface area (Å²) in [4.78, 5) is 23.0. The molecule has 0 aliphatic heterocycles. The molecule has 0 heterocycles. The number of anilines is 1. The fraction of sp³-hybridized carbons (Fsp3) is 0.385. The molecule has 0 fully saturated rings. The maximum Gasteiger partial charge on any atom is 0.412 e. The SMILES string of the molecule is CNC(=O)c1ccc(O)c(NC(=O)OC(C)(C)C)c1. The van der Waals surface area contributed by atoms with Gasteiger partial charge in [-0.25, -0.2) is 4.79 Å². The molecule has 1 aromatic carbocycles. The zero-order chi connectivity index (χ0) is 14.6. The van der Waals surface area contributed by atoms with Crippen LogP contribution in [0, 0.1) is 0 Å². The molecule has 2 amide bonds. The number of phenols is 1. The van der Waals surface area contributed by atoms with Gasteiger partial charge in [-0.15, -0.1) is 0 Å². The Morgan fingerprint density at radius 3 is 2.42 bits per heavy atom. The topological polar surface area (TPSA) is 87.7 Å². The van der Waals surface area contributed by atoms with Crippen molar-refractivity contribution in [3.63, 3.8) is 0 Å². The number of nitrogens with one attached hydrogen (secondary N) is 2. The molecule has 0 aliphatic carbocycles. The van der Waals surface area contributed by atoms with Crippen molar-refractivity contribution >= 4 is 17.7 Å². The van der Waals surface area contributed by atoms with Gasteiger partial charge in [-0.05, 0) is 39.0 Å². The molecule has 0 aromatic heterocycles. The van der Waals surface area contributed by atoms with Crippen molar-refractivity contribution in [3.8, 4) is 5.75 Å². The molecular formula is C13H18N2O4. The molecule has 19 heavy (non-hydrogen) atoms. The molecule has 0 unspecified atom stereocenters. The Balaban J connectivity index is 2.88. The summed E-state index contributed by atoms with van der Waals surface area (Å²) in [6.07, 6.45) is -0.697. The molecule has 3 N–H and O–H groups in total. The van der Waals surface area contributed by atoms with Gasteiger partial charge >= 0.3 is 6.09 Å². The van der Waals surface area contributed by atoms with Crippen LogP contribution >= 0.6 is 0 Å². The highest BCUT2D eigenvalue weighted by molar-refractivity contribution is 5.97. The quantitative estimate of drug-likeness (QED) is 0.715. The summed E-state index contributed by atoms with van der Waals surface area (Å²) in [6.45, 7) is 5.19. The van der Waals surface area contributed by atoms with Gasteiger partial charge in [0.2, 0.25) is 0 Å². The Bertz CT molecular complexity index is 492. The molecule has 0 saturated heterocycles. The van der Waals surface area contributed by atoms with Gasteiger partial charge in [0.05, 0.1) is 5.69 Å². The lowest BCUT2D eigenvalue weighted by atomic mass is 10.1. The zero-order valence-electron chi connectivity index (χ0n) is 11.4. The normalized spacial score (nSPS) is 10.7. The number of phenolic OH excluding ortho intramolecular Hbond substituents is 1. The first-order valence-corrected chi connectivity index (χ1v) is 5.78. The van der Waals surface area contributed by atoms with Crippen molar-refractivity contribution in [2.24, 2.45) is 0 Å². The zero-order valence-corrected chi connectivity index (χ0v) is 11.4. The lowest BCUT2D eigenvalue weighted by Crippen LogP contribution is -2.27. The molecule has 0 spiro atoms. The average Bonchev–Trinajstić information content (AvgIpc) is 2.28. The van der Waals surface area contributed by atoms with Gasteiger partial charge in [0.25, 0.3) is 5.91 Å². The molecule has 0 bridgehead atoms. The number of amides is 2. The van der Waals surface area contributed by atoms with Crippen LogP contribution in [-0.2, 0) is 4.74 Å². The molecule has 6 heteroatoms. The van der Waals surface area contributed by atoms with Crippen LogP contribution in [0.3, 0.4) is 0 Å². The Morgan fingerprint density at radius 1 is 1.26 bits per heavy atom. The number of aromatic hydroxyl groups is 1. The standard InChI is InChI=1S/C13H18N2O4/c1-13(2,3)19-12(18)15-9-7-8(11(17)14-4)5-6-10(9)16/h5-7,16H,1-4H3,(H,14,17)(H,15,18). The van der Waals surface area contributed by atoms with Crippen LogP contribution in [0.2, 0.25) is 0 Å². The van der Waals surface area contributed by atoms with E-state index in [0.29, 0.717) is 5.56 Å². The van der Waals surface area contributed by atoms with Crippen LogP contribution in [0.5, 0.6) is 5.75 Å². The largest absolute Gasteiger partial charge is 0.506 e. The Kier molecular flexibility index (Phi) is 4.37. The van der Waals surface area contributed by atoms with Crippen molar-refractivity contribution in [1.29, 1.82) is 0 Å². The van der Waals surface area contributed by atoms with Crippen molar-refractivity contribution in [3.05, 3.63) is 23.8 Å². The van der Waals surface area contributed by atoms with Crippen molar-refractivity contribution in [2.75, 3.05) is 12.4 Å². The second kappa shape index (κ2) is 5.60. The van der Waals surface area contributed by atoms with E-state index in [2.05, 4.69) is 10.6 Å². The molecule has 1 aromatic rings. The van der Waals surface area contributed by atoms with Gasteiger partial charge in [0.15, 0.2) is 0 Å². The maximum absolute atomic E-state index is 11.6. The summed E-state index contributed by atoms with van der Waals surface area (Å²) in [6, 6.07) is 4.16. The molecule has 1 rings (SSSR count). The van der Waals surface area contributed by atoms with Crippen LogP contribution in [0.15, 0.2) is 18.2 Å². The highest BCUT2D eigenvalue weighted by Crippen LogP contribution is 2.24. The maximum atomic E-state index is 11.6. The number of carbonyl (C=O) groups excluding carboxylic acids is 2. The number of ether oxygens (including phenoxy) is 1. The smallest absolute Gasteiger partial charge is 0.412 e. The van der Waals surface area contributed by atoms with Gasteiger partial charge in [0, 0.05) is 12.6 Å². The number of hydrogen-bond acceptors (Lipinski definition) is 4. The van der Waals surface area contributed by atoms with E-state index >= 15 is 0 Å². The van der Waals surface area contributed by atoms with E-state index in [4.69, 9.17) is 4.74 Å². The van der Waals surface area contributed by atoms with Crippen molar-refractivity contribution in [1.82, 2.24) is 5.32 Å². The molecule has 0 aliphatic rings. The lowest BCUT2D eigenvalue weighted by molar-refractivity contribution is 0.0635. The predicted octanol–water partition coefficient (Wildman–Crippen LogP) is 2.10. The third-order valence-electron chi connectivity index (χ3n) is 2.12. The molecule has 104 valence electrons. The van der Waals surface area contributed by atoms with E-state index in [0.717, 1.165) is 0 Å². The molecule has 0 radical (unpaired) electrons. The lowest BCUT2D eigenvalue weighted by Gasteiger charge is -2.20. The first kappa shape index (κ1) is 14.8. The fourth-order valence-electron chi connectivity index (χ4n) is 1.34. The number of rotatable bonds is 2. The van der Waals surface area contributed by atoms with Crippen LogP contribution < -0.4 is 10.6 Å².